The highest BCUT2D eigenvalue weighted by Crippen LogP contribution is 2.37. The van der Waals surface area contributed by atoms with Gasteiger partial charge >= 0.3 is 5.97 Å². The molecule has 6 rings (SSSR count). The molecule has 0 saturated carbocycles. The van der Waals surface area contributed by atoms with Gasteiger partial charge in [0, 0.05) is 42.8 Å². The fourth-order valence-electron chi connectivity index (χ4n) is 8.79. The van der Waals surface area contributed by atoms with Crippen LogP contribution in [0.1, 0.15) is 80.3 Å². The minimum atomic E-state index is -1.31. The number of hydrogen-bond acceptors (Lipinski definition) is 8. The zero-order valence-electron chi connectivity index (χ0n) is 38.9. The number of phenols is 1. The smallest absolute Gasteiger partial charge is 0.326 e. The second-order valence-corrected chi connectivity index (χ2v) is 18.1. The zero-order chi connectivity index (χ0) is 49.1. The number of aliphatic carboxylic acids is 1. The summed E-state index contributed by atoms with van der Waals surface area (Å²) >= 11 is 0. The molecule has 0 radical (unpaired) electrons. The number of para-hydroxylation sites is 1. The van der Waals surface area contributed by atoms with Crippen LogP contribution in [0.25, 0.3) is 10.9 Å². The lowest BCUT2D eigenvalue weighted by atomic mass is 9.82. The number of aryl methyl sites for hydroxylation is 2. The van der Waals surface area contributed by atoms with Crippen LogP contribution in [-0.4, -0.2) is 93.4 Å². The van der Waals surface area contributed by atoms with Crippen molar-refractivity contribution in [1.82, 2.24) is 36.9 Å². The molecule has 0 aliphatic heterocycles. The number of nitrogens with one attached hydrogen (secondary N) is 7. The van der Waals surface area contributed by atoms with Crippen LogP contribution in [0.4, 0.5) is 0 Å². The maximum absolute atomic E-state index is 14.6. The molecule has 0 spiro atoms. The van der Waals surface area contributed by atoms with Gasteiger partial charge in [-0.2, -0.15) is 0 Å². The maximum atomic E-state index is 14.6. The van der Waals surface area contributed by atoms with E-state index in [1.807, 2.05) is 86.6 Å². The summed E-state index contributed by atoms with van der Waals surface area (Å²) in [5.41, 5.74) is 5.92. The van der Waals surface area contributed by atoms with Gasteiger partial charge < -0.3 is 47.1 Å². The van der Waals surface area contributed by atoms with E-state index in [0.29, 0.717) is 11.1 Å². The quantitative estimate of drug-likeness (QED) is 0.0548. The fraction of sp³-hybridized carbons (Fsp3) is 0.365. The number of H-pyrrole nitrogens is 1. The van der Waals surface area contributed by atoms with E-state index in [9.17, 15) is 43.8 Å². The normalized spacial score (nSPS) is 14.5. The number of rotatable bonds is 20. The van der Waals surface area contributed by atoms with Gasteiger partial charge in [0.05, 0.1) is 6.54 Å². The molecular weight excluding hydrogens is 867 g/mol. The van der Waals surface area contributed by atoms with Crippen molar-refractivity contribution in [3.05, 3.63) is 137 Å². The summed E-state index contributed by atoms with van der Waals surface area (Å²) in [7, 11) is 0. The van der Waals surface area contributed by atoms with Crippen LogP contribution in [0, 0.1) is 11.8 Å². The number of aromatic nitrogens is 1. The molecule has 0 saturated heterocycles. The van der Waals surface area contributed by atoms with Crippen LogP contribution in [-0.2, 0) is 59.2 Å². The number of benzene rings is 4. The number of amides is 6. The van der Waals surface area contributed by atoms with Gasteiger partial charge in [-0.05, 0) is 82.7 Å². The van der Waals surface area contributed by atoms with Crippen LogP contribution in [0.3, 0.4) is 0 Å². The summed E-state index contributed by atoms with van der Waals surface area (Å²) < 4.78 is 0. The number of fused-ring (bicyclic) bond motifs is 3. The second-order valence-electron chi connectivity index (χ2n) is 18.1. The molecule has 1 heterocycles. The highest BCUT2D eigenvalue weighted by Gasteiger charge is 2.38. The Morgan fingerprint density at radius 1 is 0.647 bits per heavy atom. The monoisotopic (exact) mass is 927 g/mol. The van der Waals surface area contributed by atoms with Crippen molar-refractivity contribution in [2.45, 2.75) is 103 Å². The van der Waals surface area contributed by atoms with Crippen molar-refractivity contribution >= 4 is 52.3 Å². The Kier molecular flexibility index (Phi) is 16.7. The molecular formula is C52H61N7O9. The molecule has 16 heteroatoms. The predicted octanol–water partition coefficient (Wildman–Crippen LogP) is 3.94. The van der Waals surface area contributed by atoms with Crippen molar-refractivity contribution < 1.29 is 43.8 Å². The number of carbonyl (C=O) groups excluding carboxylic acids is 6. The van der Waals surface area contributed by atoms with Crippen molar-refractivity contribution in [2.75, 3.05) is 6.54 Å². The summed E-state index contributed by atoms with van der Waals surface area (Å²) in [5, 5.41) is 37.1. The fourth-order valence-corrected chi connectivity index (χ4v) is 8.79. The van der Waals surface area contributed by atoms with Gasteiger partial charge in [0.2, 0.25) is 35.4 Å². The molecule has 1 aliphatic rings. The van der Waals surface area contributed by atoms with Crippen molar-refractivity contribution in [1.29, 1.82) is 0 Å². The highest BCUT2D eigenvalue weighted by molar-refractivity contribution is 5.96. The van der Waals surface area contributed by atoms with Gasteiger partial charge in [-0.15, -0.1) is 0 Å². The average molecular weight is 928 g/mol. The number of hydrogen-bond donors (Lipinski definition) is 9. The van der Waals surface area contributed by atoms with Crippen LogP contribution >= 0.6 is 0 Å². The molecule has 1 aromatic heterocycles. The van der Waals surface area contributed by atoms with E-state index in [2.05, 4.69) is 36.9 Å². The molecule has 0 bridgehead atoms. The number of carboxylic acid groups (broad SMARTS) is 1. The zero-order valence-corrected chi connectivity index (χ0v) is 38.9. The standard InChI is InChI=1S/C52H61N7O9/c1-29(2)24-41(57-51(66)47(55-31(5)60)45-38-15-8-6-12-33(38)20-21-34-13-7-9-16-39(34)45)49(64)56-42(25-32-18-22-36(61)23-19-32)48(63)54-28-44(62)59-46(30(3)4)50(65)58-43(52(67)68)26-35-27-53-40-17-11-10-14-37(35)40/h6-19,22-23,27,29-30,41-43,45-47,53,61H,20-21,24-26,28H2,1-5H3,(H,54,63)(H,55,60)(H,56,64)(H,57,66)(H,58,65)(H,59,62)(H,67,68)/t41-,42-,43-,46-,47+/m0/s1. The third-order valence-electron chi connectivity index (χ3n) is 12.2. The first-order valence-electron chi connectivity index (χ1n) is 23.0. The van der Waals surface area contributed by atoms with E-state index in [-0.39, 0.29) is 30.9 Å². The van der Waals surface area contributed by atoms with E-state index in [1.165, 1.54) is 19.1 Å². The Bertz CT molecular complexity index is 2580. The Balaban J connectivity index is 1.17. The third kappa shape index (κ3) is 12.9. The molecule has 5 aromatic rings. The minimum Gasteiger partial charge on any atom is -0.508 e. The van der Waals surface area contributed by atoms with E-state index >= 15 is 0 Å². The second kappa shape index (κ2) is 22.8. The van der Waals surface area contributed by atoms with Crippen molar-refractivity contribution in [3.63, 3.8) is 0 Å². The topological polar surface area (TPSA) is 248 Å². The van der Waals surface area contributed by atoms with E-state index in [4.69, 9.17) is 0 Å². The number of aromatic hydroxyl groups is 1. The minimum absolute atomic E-state index is 0.0146. The van der Waals surface area contributed by atoms with Crippen LogP contribution < -0.4 is 31.9 Å². The Morgan fingerprint density at radius 2 is 1.24 bits per heavy atom. The summed E-state index contributed by atoms with van der Waals surface area (Å²) in [5.74, 6) is -6.39. The highest BCUT2D eigenvalue weighted by atomic mass is 16.4. The van der Waals surface area contributed by atoms with E-state index in [0.717, 1.165) is 46.0 Å². The molecule has 0 unspecified atom stereocenters. The molecule has 9 N–H and O–H groups in total. The Labute approximate surface area is 395 Å². The number of aromatic amines is 1. The molecule has 5 atom stereocenters. The molecule has 4 aromatic carbocycles. The molecule has 6 amide bonds. The van der Waals surface area contributed by atoms with Crippen LogP contribution in [0.5, 0.6) is 5.75 Å². The van der Waals surface area contributed by atoms with Gasteiger partial charge in [0.1, 0.15) is 36.0 Å². The number of carboxylic acids is 1. The van der Waals surface area contributed by atoms with E-state index < -0.39 is 90.0 Å². The van der Waals surface area contributed by atoms with Crippen LogP contribution in [0.15, 0.2) is 103 Å². The molecule has 68 heavy (non-hydrogen) atoms. The van der Waals surface area contributed by atoms with Gasteiger partial charge in [-0.3, -0.25) is 28.8 Å². The van der Waals surface area contributed by atoms with Gasteiger partial charge in [0.25, 0.3) is 0 Å². The van der Waals surface area contributed by atoms with Gasteiger partial charge in [-0.25, -0.2) is 4.79 Å². The first kappa shape index (κ1) is 49.9. The summed E-state index contributed by atoms with van der Waals surface area (Å²) in [6, 6.07) is 22.9. The Hall–Kier alpha value is -7.49. The molecule has 0 fully saturated rings. The Morgan fingerprint density at radius 3 is 1.84 bits per heavy atom. The van der Waals surface area contributed by atoms with Crippen molar-refractivity contribution in [2.24, 2.45) is 11.8 Å². The van der Waals surface area contributed by atoms with Gasteiger partial charge in [-0.1, -0.05) is 107 Å². The molecule has 358 valence electrons. The SMILES string of the molecule is CC(=O)N[C@@H](C(=O)N[C@@H](CC(C)C)C(=O)N[C@@H](Cc1ccc(O)cc1)C(=O)NCC(=O)N[C@H](C(=O)N[C@@H](Cc1c[nH]c2ccccc12)C(=O)O)C(C)C)C1c2ccccc2CCc2ccccc21. The van der Waals surface area contributed by atoms with E-state index in [1.54, 1.807) is 32.2 Å². The third-order valence-corrected chi connectivity index (χ3v) is 12.2. The number of carbonyl (C=O) groups is 7. The van der Waals surface area contributed by atoms with Gasteiger partial charge in [0.15, 0.2) is 0 Å². The summed E-state index contributed by atoms with van der Waals surface area (Å²) in [6.45, 7) is 7.85. The molecule has 1 aliphatic carbocycles. The predicted molar refractivity (Wildman–Crippen MR) is 256 cm³/mol. The lowest BCUT2D eigenvalue weighted by molar-refractivity contribution is -0.142. The van der Waals surface area contributed by atoms with Crippen molar-refractivity contribution in [3.8, 4) is 5.75 Å². The van der Waals surface area contributed by atoms with Crippen LogP contribution in [0.2, 0.25) is 0 Å². The number of phenolic OH excluding ortho intramolecular Hbond substituents is 1. The maximum Gasteiger partial charge on any atom is 0.326 e. The lowest BCUT2D eigenvalue weighted by Crippen LogP contribution is -2.59. The first-order chi connectivity index (χ1) is 32.5. The molecule has 16 nitrogen and oxygen atoms in total. The summed E-state index contributed by atoms with van der Waals surface area (Å²) in [4.78, 5) is 98.2. The lowest BCUT2D eigenvalue weighted by Gasteiger charge is -2.31. The summed E-state index contributed by atoms with van der Waals surface area (Å²) in [6.07, 6.45) is 3.23. The first-order valence-corrected chi connectivity index (χ1v) is 23.0. The largest absolute Gasteiger partial charge is 0.508 e. The average Bonchev–Trinajstić information content (AvgIpc) is 3.63.